The van der Waals surface area contributed by atoms with Gasteiger partial charge in [0.15, 0.2) is 5.78 Å². The van der Waals surface area contributed by atoms with E-state index in [-0.39, 0.29) is 16.9 Å². The summed E-state index contributed by atoms with van der Waals surface area (Å²) < 4.78 is 1.85. The van der Waals surface area contributed by atoms with Gasteiger partial charge in [-0.2, -0.15) is 0 Å². The minimum atomic E-state index is -1.18. The molecular formula is C19H15NO4. The Bertz CT molecular complexity index is 982. The van der Waals surface area contributed by atoms with Crippen LogP contribution in [0.15, 0.2) is 60.8 Å². The monoisotopic (exact) mass is 321 g/mol. The highest BCUT2D eigenvalue weighted by atomic mass is 16.4. The van der Waals surface area contributed by atoms with E-state index in [2.05, 4.69) is 0 Å². The number of para-hydroxylation sites is 1. The van der Waals surface area contributed by atoms with Crippen LogP contribution in [0.1, 0.15) is 26.3 Å². The molecule has 0 atom stereocenters. The summed E-state index contributed by atoms with van der Waals surface area (Å²) in [6.45, 7) is 0. The van der Waals surface area contributed by atoms with E-state index in [4.69, 9.17) is 0 Å². The molecule has 2 N–H and O–H groups in total. The molecule has 0 radical (unpaired) electrons. The number of aliphatic hydroxyl groups excluding tert-OH is 1. The van der Waals surface area contributed by atoms with Gasteiger partial charge in [0.05, 0.1) is 5.56 Å². The van der Waals surface area contributed by atoms with E-state index in [9.17, 15) is 19.8 Å². The van der Waals surface area contributed by atoms with Crippen LogP contribution >= 0.6 is 0 Å². The predicted octanol–water partition coefficient (Wildman–Crippen LogP) is 3.66. The average molecular weight is 321 g/mol. The molecule has 120 valence electrons. The summed E-state index contributed by atoms with van der Waals surface area (Å²) in [6, 6.07) is 13.4. The third-order valence-electron chi connectivity index (χ3n) is 3.86. The van der Waals surface area contributed by atoms with Crippen LogP contribution in [0.25, 0.3) is 16.7 Å². The van der Waals surface area contributed by atoms with Crippen LogP contribution in [-0.4, -0.2) is 26.5 Å². The van der Waals surface area contributed by atoms with Crippen LogP contribution in [0.2, 0.25) is 0 Å². The number of aromatic nitrogens is 1. The second kappa shape index (κ2) is 6.04. The number of hydrogen-bond donors (Lipinski definition) is 2. The highest BCUT2D eigenvalue weighted by Gasteiger charge is 2.16. The molecule has 5 nitrogen and oxygen atoms in total. The zero-order valence-electron chi connectivity index (χ0n) is 12.9. The summed E-state index contributed by atoms with van der Waals surface area (Å²) in [5.41, 5.74) is 1.39. The second-order valence-corrected chi connectivity index (χ2v) is 5.42. The standard InChI is InChI=1S/C19H15NO4/c1-20-11-15(12-6-4-5-9-16(12)20)18(22)10-17(21)13-7-2-3-8-14(13)19(23)24/h2-11,22H,1H3,(H,23,24)/b18-10+. The highest BCUT2D eigenvalue weighted by Crippen LogP contribution is 2.25. The first-order chi connectivity index (χ1) is 11.5. The van der Waals surface area contributed by atoms with E-state index in [1.54, 1.807) is 18.3 Å². The molecule has 0 bridgehead atoms. The van der Waals surface area contributed by atoms with Crippen molar-refractivity contribution < 1.29 is 19.8 Å². The molecule has 24 heavy (non-hydrogen) atoms. The molecule has 0 aliphatic heterocycles. The predicted molar refractivity (Wildman–Crippen MR) is 91.3 cm³/mol. The maximum absolute atomic E-state index is 12.4. The summed E-state index contributed by atoms with van der Waals surface area (Å²) in [7, 11) is 1.85. The van der Waals surface area contributed by atoms with Crippen molar-refractivity contribution >= 4 is 28.4 Å². The van der Waals surface area contributed by atoms with Crippen molar-refractivity contribution in [1.29, 1.82) is 0 Å². The molecule has 0 fully saturated rings. The van der Waals surface area contributed by atoms with Crippen molar-refractivity contribution in [3.63, 3.8) is 0 Å². The first kappa shape index (κ1) is 15.6. The first-order valence-electron chi connectivity index (χ1n) is 7.31. The van der Waals surface area contributed by atoms with Crippen LogP contribution in [0.4, 0.5) is 0 Å². The number of carbonyl (C=O) groups excluding carboxylic acids is 1. The largest absolute Gasteiger partial charge is 0.507 e. The minimum Gasteiger partial charge on any atom is -0.507 e. The van der Waals surface area contributed by atoms with E-state index in [1.165, 1.54) is 12.1 Å². The van der Waals surface area contributed by atoms with E-state index >= 15 is 0 Å². The Hall–Kier alpha value is -3.34. The Morgan fingerprint density at radius 3 is 2.25 bits per heavy atom. The number of nitrogens with zero attached hydrogens (tertiary/aromatic N) is 1. The number of aryl methyl sites for hydroxylation is 1. The van der Waals surface area contributed by atoms with Gasteiger partial charge < -0.3 is 14.8 Å². The number of benzene rings is 2. The normalized spacial score (nSPS) is 11.6. The van der Waals surface area contributed by atoms with Gasteiger partial charge in [0.1, 0.15) is 5.76 Å². The van der Waals surface area contributed by atoms with E-state index < -0.39 is 11.8 Å². The van der Waals surface area contributed by atoms with E-state index in [1.807, 2.05) is 35.9 Å². The molecule has 5 heteroatoms. The molecular weight excluding hydrogens is 306 g/mol. The van der Waals surface area contributed by atoms with E-state index in [0.29, 0.717) is 5.56 Å². The van der Waals surface area contributed by atoms with Gasteiger partial charge in [0, 0.05) is 41.4 Å². The lowest BCUT2D eigenvalue weighted by Gasteiger charge is -2.03. The minimum absolute atomic E-state index is 0.0387. The molecule has 2 aromatic carbocycles. The lowest BCUT2D eigenvalue weighted by molar-refractivity contribution is 0.0693. The molecule has 0 unspecified atom stereocenters. The van der Waals surface area contributed by atoms with Crippen LogP contribution < -0.4 is 0 Å². The third-order valence-corrected chi connectivity index (χ3v) is 3.86. The van der Waals surface area contributed by atoms with Crippen LogP contribution in [0.3, 0.4) is 0 Å². The lowest BCUT2D eigenvalue weighted by Crippen LogP contribution is -2.07. The average Bonchev–Trinajstić information content (AvgIpc) is 2.92. The fourth-order valence-electron chi connectivity index (χ4n) is 2.71. The summed E-state index contributed by atoms with van der Waals surface area (Å²) in [4.78, 5) is 23.6. The Labute approximate surface area is 138 Å². The number of hydrogen-bond acceptors (Lipinski definition) is 3. The molecule has 0 amide bonds. The van der Waals surface area contributed by atoms with Crippen molar-refractivity contribution in [3.8, 4) is 0 Å². The Morgan fingerprint density at radius 2 is 1.54 bits per heavy atom. The molecule has 0 aliphatic carbocycles. The number of carboxylic acids is 1. The van der Waals surface area contributed by atoms with Crippen molar-refractivity contribution in [2.45, 2.75) is 0 Å². The van der Waals surface area contributed by atoms with Crippen LogP contribution in [-0.2, 0) is 7.05 Å². The SMILES string of the molecule is Cn1cc(/C(O)=C\C(=O)c2ccccc2C(=O)O)c2ccccc21. The van der Waals surface area contributed by atoms with Crippen LogP contribution in [0, 0.1) is 0 Å². The molecule has 3 rings (SSSR count). The smallest absolute Gasteiger partial charge is 0.336 e. The number of carboxylic acid groups (broad SMARTS) is 1. The lowest BCUT2D eigenvalue weighted by atomic mass is 10.0. The molecule has 0 spiro atoms. The van der Waals surface area contributed by atoms with Gasteiger partial charge in [-0.05, 0) is 12.1 Å². The fraction of sp³-hybridized carbons (Fsp3) is 0.0526. The molecule has 1 aromatic heterocycles. The number of rotatable bonds is 4. The quantitative estimate of drug-likeness (QED) is 0.436. The maximum atomic E-state index is 12.4. The highest BCUT2D eigenvalue weighted by molar-refractivity contribution is 6.13. The molecule has 1 heterocycles. The Morgan fingerprint density at radius 1 is 0.917 bits per heavy atom. The van der Waals surface area contributed by atoms with Gasteiger partial charge in [-0.3, -0.25) is 4.79 Å². The molecule has 0 aliphatic rings. The van der Waals surface area contributed by atoms with E-state index in [0.717, 1.165) is 17.0 Å². The third kappa shape index (κ3) is 2.67. The Balaban J connectivity index is 2.05. The number of fused-ring (bicyclic) bond motifs is 1. The van der Waals surface area contributed by atoms with Crippen molar-refractivity contribution in [3.05, 3.63) is 77.5 Å². The van der Waals surface area contributed by atoms with Gasteiger partial charge >= 0.3 is 5.97 Å². The van der Waals surface area contributed by atoms with Crippen LogP contribution in [0.5, 0.6) is 0 Å². The number of allylic oxidation sites excluding steroid dienone is 1. The number of aliphatic hydroxyl groups is 1. The summed E-state index contributed by atoms with van der Waals surface area (Å²) >= 11 is 0. The Kier molecular flexibility index (Phi) is 3.92. The maximum Gasteiger partial charge on any atom is 0.336 e. The van der Waals surface area contributed by atoms with Gasteiger partial charge in [-0.15, -0.1) is 0 Å². The summed E-state index contributed by atoms with van der Waals surface area (Å²) in [6.07, 6.45) is 2.79. The molecule has 0 saturated carbocycles. The first-order valence-corrected chi connectivity index (χ1v) is 7.31. The fourth-order valence-corrected chi connectivity index (χ4v) is 2.71. The van der Waals surface area contributed by atoms with Gasteiger partial charge in [0.2, 0.25) is 0 Å². The number of carbonyl (C=O) groups is 2. The molecule has 0 saturated heterocycles. The topological polar surface area (TPSA) is 79.5 Å². The summed E-state index contributed by atoms with van der Waals surface area (Å²) in [5.74, 6) is -1.94. The van der Waals surface area contributed by atoms with Gasteiger partial charge in [0.25, 0.3) is 0 Å². The van der Waals surface area contributed by atoms with Gasteiger partial charge in [-0.25, -0.2) is 4.79 Å². The van der Waals surface area contributed by atoms with Crippen molar-refractivity contribution in [2.24, 2.45) is 7.05 Å². The molecule has 3 aromatic rings. The number of aromatic carboxylic acids is 1. The van der Waals surface area contributed by atoms with Crippen molar-refractivity contribution in [1.82, 2.24) is 4.57 Å². The summed E-state index contributed by atoms with van der Waals surface area (Å²) in [5, 5.41) is 20.4. The number of ketones is 1. The van der Waals surface area contributed by atoms with Gasteiger partial charge in [-0.1, -0.05) is 36.4 Å². The zero-order valence-corrected chi connectivity index (χ0v) is 12.9. The van der Waals surface area contributed by atoms with Crippen molar-refractivity contribution in [2.75, 3.05) is 0 Å². The second-order valence-electron chi connectivity index (χ2n) is 5.42. The zero-order chi connectivity index (χ0) is 17.3.